The molecule has 7 nitrogen and oxygen atoms in total. The lowest BCUT2D eigenvalue weighted by Crippen LogP contribution is -2.42. The smallest absolute Gasteiger partial charge is 0.407 e. The Balaban J connectivity index is 1.66. The molecule has 1 atom stereocenters. The van der Waals surface area contributed by atoms with E-state index in [1.165, 1.54) is 30.3 Å². The molecule has 1 aromatic heterocycles. The summed E-state index contributed by atoms with van der Waals surface area (Å²) in [5.74, 6) is -1.50. The summed E-state index contributed by atoms with van der Waals surface area (Å²) in [7, 11) is 0. The van der Waals surface area contributed by atoms with Gasteiger partial charge >= 0.3 is 6.09 Å². The van der Waals surface area contributed by atoms with E-state index in [0.717, 1.165) is 0 Å². The summed E-state index contributed by atoms with van der Waals surface area (Å²) in [6.07, 6.45) is -1.02. The summed E-state index contributed by atoms with van der Waals surface area (Å²) < 4.78 is 33.4. The number of hydrogen-bond acceptors (Lipinski definition) is 4. The molecule has 0 spiro atoms. The zero-order valence-electron chi connectivity index (χ0n) is 21.8. The van der Waals surface area contributed by atoms with Crippen molar-refractivity contribution in [2.75, 3.05) is 5.32 Å². The molecule has 1 heterocycles. The summed E-state index contributed by atoms with van der Waals surface area (Å²) >= 11 is 0. The zero-order valence-corrected chi connectivity index (χ0v) is 21.8. The lowest BCUT2D eigenvalue weighted by atomic mass is 9.98. The van der Waals surface area contributed by atoms with E-state index in [1.807, 2.05) is 0 Å². The second-order valence-electron chi connectivity index (χ2n) is 10.1. The number of aromatic nitrogens is 1. The van der Waals surface area contributed by atoms with E-state index < -0.39 is 40.8 Å². The van der Waals surface area contributed by atoms with Crippen LogP contribution in [-0.4, -0.2) is 28.6 Å². The van der Waals surface area contributed by atoms with Crippen LogP contribution in [0, 0.1) is 11.6 Å². The van der Waals surface area contributed by atoms with Gasteiger partial charge in [0.15, 0.2) is 0 Å². The first kappa shape index (κ1) is 27.5. The van der Waals surface area contributed by atoms with Crippen LogP contribution in [0.1, 0.15) is 32.8 Å². The van der Waals surface area contributed by atoms with Crippen molar-refractivity contribution in [3.05, 3.63) is 100 Å². The predicted octanol–water partition coefficient (Wildman–Crippen LogP) is 5.94. The number of hydrogen-bond donors (Lipinski definition) is 3. The van der Waals surface area contributed by atoms with Crippen molar-refractivity contribution in [2.24, 2.45) is 0 Å². The summed E-state index contributed by atoms with van der Waals surface area (Å²) in [4.78, 5) is 41.6. The van der Waals surface area contributed by atoms with Gasteiger partial charge in [0.1, 0.15) is 22.9 Å². The Morgan fingerprint density at radius 2 is 1.62 bits per heavy atom. The monoisotopic (exact) mass is 533 g/mol. The number of anilines is 1. The molecule has 0 saturated heterocycles. The molecule has 9 heteroatoms. The Morgan fingerprint density at radius 3 is 2.31 bits per heavy atom. The molecular weight excluding hydrogens is 504 g/mol. The van der Waals surface area contributed by atoms with Crippen molar-refractivity contribution >= 4 is 28.6 Å². The third-order valence-corrected chi connectivity index (χ3v) is 5.90. The Morgan fingerprint density at radius 1 is 0.949 bits per heavy atom. The van der Waals surface area contributed by atoms with E-state index in [-0.39, 0.29) is 18.5 Å². The number of pyridine rings is 1. The maximum absolute atomic E-state index is 14.4. The van der Waals surface area contributed by atoms with E-state index in [1.54, 1.807) is 63.2 Å². The van der Waals surface area contributed by atoms with Crippen LogP contribution in [0.2, 0.25) is 0 Å². The Hall–Kier alpha value is -4.53. The molecule has 4 aromatic rings. The molecule has 0 aliphatic heterocycles. The number of fused-ring (bicyclic) bond motifs is 1. The van der Waals surface area contributed by atoms with Crippen molar-refractivity contribution in [2.45, 2.75) is 45.3 Å². The summed E-state index contributed by atoms with van der Waals surface area (Å²) in [5, 5.41) is 5.97. The molecule has 0 aliphatic carbocycles. The number of para-hydroxylation sites is 1. The van der Waals surface area contributed by atoms with Gasteiger partial charge in [-0.3, -0.25) is 9.59 Å². The van der Waals surface area contributed by atoms with Gasteiger partial charge in [0, 0.05) is 28.9 Å². The number of H-pyrrole nitrogens is 1. The minimum absolute atomic E-state index is 0.0121. The number of nitrogens with one attached hydrogen (secondary N) is 3. The first-order chi connectivity index (χ1) is 18.5. The Kier molecular flexibility index (Phi) is 8.09. The fourth-order valence-corrected chi connectivity index (χ4v) is 4.27. The van der Waals surface area contributed by atoms with E-state index in [9.17, 15) is 23.2 Å². The largest absolute Gasteiger partial charge is 0.444 e. The van der Waals surface area contributed by atoms with Crippen LogP contribution in [0.3, 0.4) is 0 Å². The fourth-order valence-electron chi connectivity index (χ4n) is 4.27. The van der Waals surface area contributed by atoms with Crippen molar-refractivity contribution in [1.29, 1.82) is 0 Å². The molecule has 4 rings (SSSR count). The molecule has 0 radical (unpaired) electrons. The second kappa shape index (κ2) is 11.5. The number of carbonyl (C=O) groups excluding carboxylic acids is 2. The molecule has 39 heavy (non-hydrogen) atoms. The molecule has 3 N–H and O–H groups in total. The van der Waals surface area contributed by atoms with Gasteiger partial charge in [-0.1, -0.05) is 48.5 Å². The quantitative estimate of drug-likeness (QED) is 0.274. The average molecular weight is 534 g/mol. The summed E-state index contributed by atoms with van der Waals surface area (Å²) in [5.41, 5.74) is 0.458. The predicted molar refractivity (Wildman–Crippen MR) is 146 cm³/mol. The highest BCUT2D eigenvalue weighted by molar-refractivity contribution is 6.05. The van der Waals surface area contributed by atoms with Crippen LogP contribution in [-0.2, 0) is 16.0 Å². The average Bonchev–Trinajstić information content (AvgIpc) is 2.85. The number of carbonyl (C=O) groups is 2. The fraction of sp³-hybridized carbons (Fsp3) is 0.233. The first-order valence-corrected chi connectivity index (χ1v) is 12.4. The molecule has 0 fully saturated rings. The van der Waals surface area contributed by atoms with E-state index in [0.29, 0.717) is 27.6 Å². The van der Waals surface area contributed by atoms with Crippen LogP contribution in [0.25, 0.3) is 22.0 Å². The maximum atomic E-state index is 14.4. The lowest BCUT2D eigenvalue weighted by Gasteiger charge is -2.24. The van der Waals surface area contributed by atoms with Gasteiger partial charge in [0.25, 0.3) is 5.56 Å². The minimum atomic E-state index is -0.842. The van der Waals surface area contributed by atoms with E-state index >= 15 is 0 Å². The molecule has 2 amide bonds. The van der Waals surface area contributed by atoms with Crippen LogP contribution < -0.4 is 16.2 Å². The number of alkyl carbamates (subject to hydrolysis) is 1. The van der Waals surface area contributed by atoms with Gasteiger partial charge in [-0.2, -0.15) is 0 Å². The normalized spacial score (nSPS) is 12.1. The molecule has 0 bridgehead atoms. The standard InChI is InChI=1S/C30H29F2N3O4/c1-30(2,3)39-29(38)33-21(16-19-8-4-6-10-23(19)32)17-25(36)35-27-26(18-12-14-20(31)15-13-18)22-9-5-7-11-24(22)34-28(27)37/h4-15,21H,16-17H2,1-3H3,(H,33,38)(H,34,37)(H,35,36)/t21-/m1/s1. The molecule has 0 saturated carbocycles. The lowest BCUT2D eigenvalue weighted by molar-refractivity contribution is -0.116. The molecule has 3 aromatic carbocycles. The van der Waals surface area contributed by atoms with Crippen LogP contribution in [0.4, 0.5) is 19.3 Å². The minimum Gasteiger partial charge on any atom is -0.444 e. The number of halogens is 2. The molecule has 202 valence electrons. The van der Waals surface area contributed by atoms with E-state index in [4.69, 9.17) is 4.74 Å². The van der Waals surface area contributed by atoms with Gasteiger partial charge in [0.05, 0.1) is 0 Å². The van der Waals surface area contributed by atoms with Crippen LogP contribution in [0.5, 0.6) is 0 Å². The topological polar surface area (TPSA) is 100 Å². The summed E-state index contributed by atoms with van der Waals surface area (Å²) in [6.45, 7) is 5.11. The Labute approximate surface area is 224 Å². The highest BCUT2D eigenvalue weighted by Crippen LogP contribution is 2.32. The van der Waals surface area contributed by atoms with Crippen molar-refractivity contribution < 1.29 is 23.1 Å². The number of ether oxygens (including phenoxy) is 1. The Bertz CT molecular complexity index is 1560. The second-order valence-corrected chi connectivity index (χ2v) is 10.1. The van der Waals surface area contributed by atoms with Gasteiger partial charge < -0.3 is 20.4 Å². The van der Waals surface area contributed by atoms with Crippen molar-refractivity contribution in [1.82, 2.24) is 10.3 Å². The number of amides is 2. The van der Waals surface area contributed by atoms with Gasteiger partial charge in [-0.05, 0) is 62.6 Å². The van der Waals surface area contributed by atoms with Crippen LogP contribution in [0.15, 0.2) is 77.6 Å². The number of rotatable bonds is 7. The third-order valence-electron chi connectivity index (χ3n) is 5.90. The highest BCUT2D eigenvalue weighted by atomic mass is 19.1. The van der Waals surface area contributed by atoms with Gasteiger partial charge in [0.2, 0.25) is 5.91 Å². The van der Waals surface area contributed by atoms with Gasteiger partial charge in [-0.25, -0.2) is 13.6 Å². The molecular formula is C30H29F2N3O4. The highest BCUT2D eigenvalue weighted by Gasteiger charge is 2.24. The van der Waals surface area contributed by atoms with Crippen LogP contribution >= 0.6 is 0 Å². The zero-order chi connectivity index (χ0) is 28.2. The van der Waals surface area contributed by atoms with Gasteiger partial charge in [-0.15, -0.1) is 0 Å². The van der Waals surface area contributed by atoms with E-state index in [2.05, 4.69) is 15.6 Å². The number of aromatic amines is 1. The first-order valence-electron chi connectivity index (χ1n) is 12.4. The van der Waals surface area contributed by atoms with Crippen molar-refractivity contribution in [3.63, 3.8) is 0 Å². The van der Waals surface area contributed by atoms with Crippen molar-refractivity contribution in [3.8, 4) is 11.1 Å². The number of benzene rings is 3. The maximum Gasteiger partial charge on any atom is 0.407 e. The third kappa shape index (κ3) is 7.07. The molecule has 0 aliphatic rings. The molecule has 0 unspecified atom stereocenters. The SMILES string of the molecule is CC(C)(C)OC(=O)N[C@@H](CC(=O)Nc1c(-c2ccc(F)cc2)c2ccccc2[nH]c1=O)Cc1ccccc1F. The summed E-state index contributed by atoms with van der Waals surface area (Å²) in [6, 6.07) is 17.9.